The Kier molecular flexibility index (Phi) is 10.6. The highest BCUT2D eigenvalue weighted by Crippen LogP contribution is 2.29. The molecule has 0 aromatic heterocycles. The molecule has 204 valence electrons. The first-order valence-electron chi connectivity index (χ1n) is 12.8. The molecule has 0 radical (unpaired) electrons. The van der Waals surface area contributed by atoms with Gasteiger partial charge in [0.25, 0.3) is 0 Å². The minimum Gasteiger partial charge on any atom is -0.480 e. The van der Waals surface area contributed by atoms with Crippen LogP contribution in [-0.4, -0.2) is 52.9 Å². The molecule has 2 amide bonds. The second-order valence-electron chi connectivity index (χ2n) is 9.32. The van der Waals surface area contributed by atoms with E-state index in [4.69, 9.17) is 11.1 Å². The summed E-state index contributed by atoms with van der Waals surface area (Å²) in [5.74, 6) is -2.88. The largest absolute Gasteiger partial charge is 0.480 e. The van der Waals surface area contributed by atoms with Crippen molar-refractivity contribution in [2.24, 2.45) is 5.73 Å². The number of nitrogens with zero attached hydrogens (tertiary/aromatic N) is 1. The van der Waals surface area contributed by atoms with E-state index in [1.165, 1.54) is 0 Å². The van der Waals surface area contributed by atoms with E-state index >= 15 is 0 Å². The van der Waals surface area contributed by atoms with Crippen LogP contribution >= 0.6 is 0 Å². The van der Waals surface area contributed by atoms with Gasteiger partial charge in [-0.15, -0.1) is 0 Å². The summed E-state index contributed by atoms with van der Waals surface area (Å²) in [6.07, 6.45) is 0.656. The van der Waals surface area contributed by atoms with Crippen molar-refractivity contribution < 1.29 is 19.5 Å². The number of aryl methyl sites for hydroxylation is 1. The maximum atomic E-state index is 14.5. The van der Waals surface area contributed by atoms with E-state index in [0.29, 0.717) is 13.0 Å². The van der Waals surface area contributed by atoms with Crippen LogP contribution in [0.2, 0.25) is 0 Å². The van der Waals surface area contributed by atoms with Gasteiger partial charge < -0.3 is 26.4 Å². The molecule has 9 heteroatoms. The number of carboxylic acids is 1. The Morgan fingerprint density at radius 3 is 1.97 bits per heavy atom. The zero-order valence-electron chi connectivity index (χ0n) is 22.0. The van der Waals surface area contributed by atoms with Gasteiger partial charge in [0.1, 0.15) is 12.6 Å². The van der Waals surface area contributed by atoms with Crippen LogP contribution in [0.15, 0.2) is 84.9 Å². The number of carbonyl (C=O) groups excluding carboxylic acids is 2. The van der Waals surface area contributed by atoms with Crippen molar-refractivity contribution in [3.05, 3.63) is 107 Å². The van der Waals surface area contributed by atoms with Gasteiger partial charge in [0.05, 0.1) is 5.92 Å². The molecule has 1 atom stereocenters. The highest BCUT2D eigenvalue weighted by atomic mass is 16.4. The number of carbonyl (C=O) groups is 3. The summed E-state index contributed by atoms with van der Waals surface area (Å²) in [4.78, 5) is 40.7. The normalized spacial score (nSPS) is 11.4. The number of rotatable bonds is 13. The number of aliphatic carboxylic acids is 1. The van der Waals surface area contributed by atoms with Gasteiger partial charge in [-0.2, -0.15) is 0 Å². The molecule has 3 aromatic rings. The molecule has 0 bridgehead atoms. The van der Waals surface area contributed by atoms with Crippen molar-refractivity contribution in [1.29, 1.82) is 5.41 Å². The lowest BCUT2D eigenvalue weighted by molar-refractivity contribution is -0.143. The molecular formula is C30H35N5O4. The van der Waals surface area contributed by atoms with Gasteiger partial charge >= 0.3 is 5.97 Å². The number of hydrogen-bond acceptors (Lipinski definition) is 4. The molecule has 0 fully saturated rings. The topological polar surface area (TPSA) is 149 Å². The molecule has 39 heavy (non-hydrogen) atoms. The second kappa shape index (κ2) is 14.3. The first kappa shape index (κ1) is 28.9. The molecule has 0 spiro atoms. The van der Waals surface area contributed by atoms with Gasteiger partial charge in [-0.25, -0.2) is 0 Å². The molecular weight excluding hydrogens is 494 g/mol. The predicted octanol–water partition coefficient (Wildman–Crippen LogP) is 2.99. The third kappa shape index (κ3) is 8.70. The third-order valence-electron chi connectivity index (χ3n) is 6.33. The first-order chi connectivity index (χ1) is 18.8. The quantitative estimate of drug-likeness (QED) is 0.131. The van der Waals surface area contributed by atoms with Crippen LogP contribution < -0.4 is 16.4 Å². The number of carboxylic acid groups (broad SMARTS) is 1. The molecule has 9 nitrogen and oxygen atoms in total. The summed E-state index contributed by atoms with van der Waals surface area (Å²) < 4.78 is 0. The summed E-state index contributed by atoms with van der Waals surface area (Å²) in [5, 5.41) is 21.8. The lowest BCUT2D eigenvalue weighted by Gasteiger charge is -2.34. The van der Waals surface area contributed by atoms with Crippen LogP contribution in [-0.2, 0) is 20.9 Å². The Morgan fingerprint density at radius 1 is 0.897 bits per heavy atom. The molecule has 0 aliphatic carbocycles. The smallest absolute Gasteiger partial charge is 0.322 e. The molecule has 0 heterocycles. The summed E-state index contributed by atoms with van der Waals surface area (Å²) >= 11 is 0. The number of hydrogen-bond donors (Lipinski definition) is 5. The van der Waals surface area contributed by atoms with Gasteiger partial charge in [-0.1, -0.05) is 90.5 Å². The van der Waals surface area contributed by atoms with E-state index in [2.05, 4.69) is 10.6 Å². The lowest BCUT2D eigenvalue weighted by atomic mass is 9.89. The van der Waals surface area contributed by atoms with Gasteiger partial charge in [0.15, 0.2) is 5.96 Å². The highest BCUT2D eigenvalue weighted by Gasteiger charge is 2.35. The van der Waals surface area contributed by atoms with Crippen molar-refractivity contribution in [2.75, 3.05) is 13.1 Å². The van der Waals surface area contributed by atoms with Gasteiger partial charge in [0, 0.05) is 13.1 Å². The van der Waals surface area contributed by atoms with Gasteiger partial charge in [-0.05, 0) is 36.5 Å². The van der Waals surface area contributed by atoms with E-state index in [-0.39, 0.29) is 24.8 Å². The maximum absolute atomic E-state index is 14.5. The molecule has 0 saturated carbocycles. The van der Waals surface area contributed by atoms with E-state index in [1.54, 1.807) is 4.90 Å². The average molecular weight is 530 g/mol. The number of nitrogens with two attached hydrogens (primary N) is 1. The van der Waals surface area contributed by atoms with Gasteiger partial charge in [-0.3, -0.25) is 19.8 Å². The SMILES string of the molecule is Cc1ccc(CN(C(=O)C(c2ccccc2)c2ccccc2)[C@H](CCCNC(=N)N)C(=O)NCC(=O)O)cc1. The lowest BCUT2D eigenvalue weighted by Crippen LogP contribution is -2.51. The van der Waals surface area contributed by atoms with E-state index in [9.17, 15) is 19.5 Å². The van der Waals surface area contributed by atoms with Crippen LogP contribution in [0.5, 0.6) is 0 Å². The molecule has 3 aromatic carbocycles. The fourth-order valence-corrected chi connectivity index (χ4v) is 4.39. The monoisotopic (exact) mass is 529 g/mol. The zero-order valence-corrected chi connectivity index (χ0v) is 22.0. The Bertz CT molecular complexity index is 1210. The summed E-state index contributed by atoms with van der Waals surface area (Å²) in [7, 11) is 0. The molecule has 0 aliphatic heterocycles. The van der Waals surface area contributed by atoms with E-state index < -0.39 is 30.4 Å². The second-order valence-corrected chi connectivity index (χ2v) is 9.32. The van der Waals surface area contributed by atoms with Crippen LogP contribution in [0, 0.1) is 12.3 Å². The number of nitrogens with one attached hydrogen (secondary N) is 3. The Balaban J connectivity index is 2.05. The van der Waals surface area contributed by atoms with Crippen molar-refractivity contribution >= 4 is 23.7 Å². The van der Waals surface area contributed by atoms with Crippen LogP contribution in [0.1, 0.15) is 41.0 Å². The summed E-state index contributed by atoms with van der Waals surface area (Å²) in [6.45, 7) is 1.89. The first-order valence-corrected chi connectivity index (χ1v) is 12.8. The Morgan fingerprint density at radius 2 is 1.46 bits per heavy atom. The fourth-order valence-electron chi connectivity index (χ4n) is 4.39. The fraction of sp³-hybridized carbons (Fsp3) is 0.267. The zero-order chi connectivity index (χ0) is 28.2. The number of amides is 2. The molecule has 3 rings (SSSR count). The average Bonchev–Trinajstić information content (AvgIpc) is 2.93. The molecule has 0 aliphatic rings. The maximum Gasteiger partial charge on any atom is 0.322 e. The van der Waals surface area contributed by atoms with E-state index in [1.807, 2.05) is 91.9 Å². The highest BCUT2D eigenvalue weighted by molar-refractivity contribution is 5.93. The van der Waals surface area contributed by atoms with Crippen molar-refractivity contribution in [2.45, 2.75) is 38.3 Å². The van der Waals surface area contributed by atoms with Crippen molar-refractivity contribution in [3.8, 4) is 0 Å². The van der Waals surface area contributed by atoms with Crippen LogP contribution in [0.3, 0.4) is 0 Å². The predicted molar refractivity (Wildman–Crippen MR) is 150 cm³/mol. The summed E-state index contributed by atoms with van der Waals surface area (Å²) in [6, 6.07) is 25.5. The van der Waals surface area contributed by atoms with Crippen LogP contribution in [0.25, 0.3) is 0 Å². The van der Waals surface area contributed by atoms with Crippen molar-refractivity contribution in [3.63, 3.8) is 0 Å². The Labute approximate surface area is 228 Å². The summed E-state index contributed by atoms with van der Waals surface area (Å²) in [5.41, 5.74) is 8.87. The standard InChI is InChI=1S/C30H35N5O4/c1-21-14-16-22(17-15-21)20-35(25(13-8-18-33-30(31)32)28(38)34-19-26(36)37)29(39)27(23-9-4-2-5-10-23)24-11-6-3-7-12-24/h2-7,9-12,14-17,25,27H,8,13,18-20H2,1H3,(H,34,38)(H,36,37)(H4,31,32,33)/t25-/m1/s1. The third-order valence-corrected chi connectivity index (χ3v) is 6.33. The molecule has 6 N–H and O–H groups in total. The molecule has 0 saturated heterocycles. The minimum absolute atomic E-state index is 0.153. The minimum atomic E-state index is -1.18. The van der Waals surface area contributed by atoms with Crippen LogP contribution in [0.4, 0.5) is 0 Å². The number of guanidine groups is 1. The number of benzene rings is 3. The van der Waals surface area contributed by atoms with Crippen molar-refractivity contribution in [1.82, 2.24) is 15.5 Å². The Hall–Kier alpha value is -4.66. The van der Waals surface area contributed by atoms with E-state index in [0.717, 1.165) is 22.3 Å². The molecule has 0 unspecified atom stereocenters. The van der Waals surface area contributed by atoms with Gasteiger partial charge in [0.2, 0.25) is 11.8 Å².